The predicted octanol–water partition coefficient (Wildman–Crippen LogP) is 1.88. The molecule has 35 heavy (non-hydrogen) atoms. The van der Waals surface area contributed by atoms with E-state index in [1.165, 1.54) is 20.8 Å². The fraction of sp³-hybridized carbons (Fsp3) is 0.808. The van der Waals surface area contributed by atoms with Crippen molar-refractivity contribution in [2.24, 2.45) is 34.0 Å². The summed E-state index contributed by atoms with van der Waals surface area (Å²) < 4.78 is 23.8. The first-order chi connectivity index (χ1) is 16.2. The van der Waals surface area contributed by atoms with E-state index >= 15 is 0 Å². The lowest BCUT2D eigenvalue weighted by atomic mass is 9.35. The Hall–Kier alpha value is -1.97. The molecule has 6 fully saturated rings. The summed E-state index contributed by atoms with van der Waals surface area (Å²) >= 11 is 0. The first-order valence-corrected chi connectivity index (χ1v) is 12.5. The van der Waals surface area contributed by atoms with Gasteiger partial charge in [-0.25, -0.2) is 0 Å². The topological polar surface area (TPSA) is 129 Å². The first-order valence-electron chi connectivity index (χ1n) is 12.5. The Kier molecular flexibility index (Phi) is 5.31. The second kappa shape index (κ2) is 7.52. The third-order valence-corrected chi connectivity index (χ3v) is 9.80. The van der Waals surface area contributed by atoms with Crippen LogP contribution >= 0.6 is 0 Å². The highest BCUT2D eigenvalue weighted by molar-refractivity contribution is 5.68. The maximum Gasteiger partial charge on any atom is 0.303 e. The summed E-state index contributed by atoms with van der Waals surface area (Å²) in [6.45, 7) is 12.4. The van der Waals surface area contributed by atoms with Crippen molar-refractivity contribution in [2.45, 2.75) is 90.5 Å². The van der Waals surface area contributed by atoms with Gasteiger partial charge in [-0.05, 0) is 30.3 Å². The van der Waals surface area contributed by atoms with Crippen LogP contribution in [0.2, 0.25) is 0 Å². The molecule has 6 rings (SSSR count). The molecule has 4 aliphatic carbocycles. The minimum absolute atomic E-state index is 0.149. The molecular formula is C26H36O9. The van der Waals surface area contributed by atoms with E-state index in [1.807, 2.05) is 0 Å². The van der Waals surface area contributed by atoms with Crippen molar-refractivity contribution in [3.05, 3.63) is 12.2 Å². The first kappa shape index (κ1) is 24.7. The van der Waals surface area contributed by atoms with Gasteiger partial charge in [0.05, 0.1) is 12.7 Å². The monoisotopic (exact) mass is 492 g/mol. The highest BCUT2D eigenvalue weighted by Gasteiger charge is 2.88. The molecule has 2 aliphatic heterocycles. The number of hydrogen-bond acceptors (Lipinski definition) is 9. The predicted molar refractivity (Wildman–Crippen MR) is 120 cm³/mol. The number of carbonyl (C=O) groups excluding carboxylic acids is 3. The molecule has 0 aromatic rings. The summed E-state index contributed by atoms with van der Waals surface area (Å²) in [6, 6.07) is 0. The lowest BCUT2D eigenvalue weighted by Crippen LogP contribution is -2.86. The van der Waals surface area contributed by atoms with Crippen LogP contribution in [-0.2, 0) is 33.3 Å². The fourth-order valence-electron chi connectivity index (χ4n) is 9.17. The summed E-state index contributed by atoms with van der Waals surface area (Å²) in [4.78, 5) is 36.9. The summed E-state index contributed by atoms with van der Waals surface area (Å²) in [5.74, 6) is -5.38. The van der Waals surface area contributed by atoms with Gasteiger partial charge in [-0.15, -0.1) is 0 Å². The molecule has 2 saturated heterocycles. The molecule has 6 aliphatic rings. The van der Waals surface area contributed by atoms with Gasteiger partial charge in [0.25, 0.3) is 0 Å². The Morgan fingerprint density at radius 2 is 1.63 bits per heavy atom. The van der Waals surface area contributed by atoms with E-state index in [0.717, 1.165) is 12.8 Å². The largest absolute Gasteiger partial charge is 0.462 e. The van der Waals surface area contributed by atoms with Crippen LogP contribution < -0.4 is 0 Å². The number of carbonyl (C=O) groups is 3. The average molecular weight is 493 g/mol. The van der Waals surface area contributed by atoms with Crippen molar-refractivity contribution < 1.29 is 43.5 Å². The van der Waals surface area contributed by atoms with Crippen LogP contribution in [-0.4, -0.2) is 64.9 Å². The van der Waals surface area contributed by atoms with Gasteiger partial charge in [0.15, 0.2) is 6.10 Å². The van der Waals surface area contributed by atoms with Gasteiger partial charge in [-0.3, -0.25) is 14.4 Å². The maximum atomic E-state index is 12.6. The van der Waals surface area contributed by atoms with Gasteiger partial charge in [0.1, 0.15) is 17.6 Å². The summed E-state index contributed by atoms with van der Waals surface area (Å²) in [7, 11) is 0. The van der Waals surface area contributed by atoms with E-state index in [-0.39, 0.29) is 17.9 Å². The number of aliphatic hydroxyl groups excluding tert-OH is 1. The van der Waals surface area contributed by atoms with Crippen LogP contribution in [0.1, 0.15) is 60.3 Å². The fourth-order valence-corrected chi connectivity index (χ4v) is 9.17. The molecule has 2 spiro atoms. The van der Waals surface area contributed by atoms with Crippen LogP contribution in [0, 0.1) is 34.0 Å². The number of ether oxygens (including phenoxy) is 4. The second-order valence-electron chi connectivity index (χ2n) is 12.0. The standard InChI is InChI=1S/C26H36O9/c1-12-16-10-17(33-13(2)27)18-24-9-7-8-23(5,6)19(24)22(35-15(4)29)26(31,32-11-24)25(18,20(16)30)21(12)34-14(3)28/h16-22,30-31H,1,7-11H2,2-6H3/t16-,17?,18?,19?,20-,21-,22+,24-,25+,26+/m1/s1. The van der Waals surface area contributed by atoms with Crippen molar-refractivity contribution in [1.82, 2.24) is 0 Å². The Labute approximate surface area is 205 Å². The Morgan fingerprint density at radius 1 is 1.00 bits per heavy atom. The summed E-state index contributed by atoms with van der Waals surface area (Å²) in [6.07, 6.45) is -1.44. The van der Waals surface area contributed by atoms with Crippen molar-refractivity contribution in [1.29, 1.82) is 0 Å². The molecule has 0 amide bonds. The Morgan fingerprint density at radius 3 is 2.23 bits per heavy atom. The maximum absolute atomic E-state index is 12.6. The summed E-state index contributed by atoms with van der Waals surface area (Å²) in [5, 5.41) is 24.4. The molecule has 3 unspecified atom stereocenters. The average Bonchev–Trinajstić information content (AvgIpc) is 2.84. The van der Waals surface area contributed by atoms with Crippen LogP contribution in [0.4, 0.5) is 0 Å². The van der Waals surface area contributed by atoms with Gasteiger partial charge >= 0.3 is 17.9 Å². The zero-order chi connectivity index (χ0) is 25.7. The van der Waals surface area contributed by atoms with Crippen molar-refractivity contribution in [3.8, 4) is 0 Å². The van der Waals surface area contributed by atoms with E-state index < -0.39 is 70.8 Å². The lowest BCUT2D eigenvalue weighted by Gasteiger charge is -2.75. The minimum Gasteiger partial charge on any atom is -0.462 e. The zero-order valence-electron chi connectivity index (χ0n) is 21.0. The minimum atomic E-state index is -2.19. The molecule has 4 bridgehead atoms. The van der Waals surface area contributed by atoms with E-state index in [4.69, 9.17) is 18.9 Å². The van der Waals surface area contributed by atoms with Crippen LogP contribution in [0.3, 0.4) is 0 Å². The van der Waals surface area contributed by atoms with Gasteiger partial charge in [0, 0.05) is 43.9 Å². The molecule has 4 saturated carbocycles. The highest BCUT2D eigenvalue weighted by Crippen LogP contribution is 2.78. The molecule has 10 atom stereocenters. The third kappa shape index (κ3) is 2.89. The molecule has 9 nitrogen and oxygen atoms in total. The van der Waals surface area contributed by atoms with E-state index in [9.17, 15) is 24.6 Å². The number of aliphatic hydroxyl groups is 2. The van der Waals surface area contributed by atoms with Crippen LogP contribution in [0.5, 0.6) is 0 Å². The van der Waals surface area contributed by atoms with Gasteiger partial charge in [-0.1, -0.05) is 26.8 Å². The van der Waals surface area contributed by atoms with Gasteiger partial charge < -0.3 is 29.2 Å². The SMILES string of the molecule is C=C1[C@H]2CC(OC(C)=O)C3[C@]45CCCC(C)(C)C4[C@H](OC(C)=O)[C@](O)(OC5)[C@]3([C@@H]1OC(C)=O)[C@@H]2O. The lowest BCUT2D eigenvalue weighted by molar-refractivity contribution is -0.474. The number of esters is 3. The van der Waals surface area contributed by atoms with Gasteiger partial charge in [0.2, 0.25) is 5.79 Å². The molecule has 0 radical (unpaired) electrons. The molecule has 0 aromatic heterocycles. The normalized spacial score (nSPS) is 49.0. The molecule has 9 heteroatoms. The van der Waals surface area contributed by atoms with Crippen molar-refractivity contribution >= 4 is 17.9 Å². The Bertz CT molecular complexity index is 989. The van der Waals surface area contributed by atoms with Crippen molar-refractivity contribution in [2.75, 3.05) is 6.61 Å². The third-order valence-electron chi connectivity index (χ3n) is 9.80. The molecule has 0 aromatic carbocycles. The smallest absolute Gasteiger partial charge is 0.303 e. The summed E-state index contributed by atoms with van der Waals surface area (Å²) in [5.41, 5.74) is -2.24. The highest BCUT2D eigenvalue weighted by atomic mass is 16.7. The van der Waals surface area contributed by atoms with Crippen molar-refractivity contribution in [3.63, 3.8) is 0 Å². The molecular weight excluding hydrogens is 456 g/mol. The molecule has 2 N–H and O–H groups in total. The van der Waals surface area contributed by atoms with Crippen LogP contribution in [0.15, 0.2) is 12.2 Å². The van der Waals surface area contributed by atoms with E-state index in [2.05, 4.69) is 20.4 Å². The quantitative estimate of drug-likeness (QED) is 0.345. The van der Waals surface area contributed by atoms with E-state index in [0.29, 0.717) is 18.4 Å². The molecule has 2 heterocycles. The number of hydrogen-bond donors (Lipinski definition) is 2. The Balaban J connectivity index is 1.83. The molecule has 194 valence electrons. The van der Waals surface area contributed by atoms with Gasteiger partial charge in [-0.2, -0.15) is 0 Å². The van der Waals surface area contributed by atoms with Crippen LogP contribution in [0.25, 0.3) is 0 Å². The number of rotatable bonds is 3. The van der Waals surface area contributed by atoms with E-state index in [1.54, 1.807) is 0 Å². The number of fused-ring (bicyclic) bond motifs is 2. The zero-order valence-corrected chi connectivity index (χ0v) is 21.0. The second-order valence-corrected chi connectivity index (χ2v) is 12.0.